The molecule has 1 aliphatic heterocycles. The van der Waals surface area contributed by atoms with Crippen molar-refractivity contribution >= 4 is 52.3 Å². The Morgan fingerprint density at radius 1 is 1.32 bits per heavy atom. The lowest BCUT2D eigenvalue weighted by atomic mass is 10.1. The molecule has 0 radical (unpaired) electrons. The highest BCUT2D eigenvalue weighted by Crippen LogP contribution is 2.30. The van der Waals surface area contributed by atoms with Crippen LogP contribution in [0.15, 0.2) is 22.7 Å². The van der Waals surface area contributed by atoms with Gasteiger partial charge in [0.1, 0.15) is 6.67 Å². The second-order valence-electron chi connectivity index (χ2n) is 4.12. The molecule has 2 nitrogen and oxygen atoms in total. The van der Waals surface area contributed by atoms with E-state index in [1.807, 2.05) is 18.2 Å². The molecule has 1 atom stereocenters. The fourth-order valence-corrected chi connectivity index (χ4v) is 2.76. The third-order valence-electron chi connectivity index (χ3n) is 3.06. The van der Waals surface area contributed by atoms with E-state index in [0.29, 0.717) is 5.02 Å². The van der Waals surface area contributed by atoms with Crippen LogP contribution in [0.25, 0.3) is 0 Å². The van der Waals surface area contributed by atoms with Crippen LogP contribution in [0.3, 0.4) is 0 Å². The van der Waals surface area contributed by atoms with E-state index in [9.17, 15) is 4.39 Å². The van der Waals surface area contributed by atoms with Crippen LogP contribution in [0.4, 0.5) is 4.39 Å². The zero-order chi connectivity index (χ0) is 12.3. The molecule has 0 saturated carbocycles. The van der Waals surface area contributed by atoms with E-state index in [4.69, 9.17) is 11.6 Å². The summed E-state index contributed by atoms with van der Waals surface area (Å²) in [6, 6.07) is 5.36. The molecule has 0 aliphatic carbocycles. The van der Waals surface area contributed by atoms with E-state index < -0.39 is 6.67 Å². The minimum atomic E-state index is -0.407. The number of nitrogens with zero attached hydrogens (tertiary/aromatic N) is 1. The number of alkyl halides is 1. The van der Waals surface area contributed by atoms with Gasteiger partial charge in [-0.2, -0.15) is 0 Å². The number of nitrogens with one attached hydrogen (secondary N) is 1. The number of hydrogen-bond donors (Lipinski definition) is 1. The lowest BCUT2D eigenvalue weighted by molar-refractivity contribution is 0.147. The van der Waals surface area contributed by atoms with Gasteiger partial charge in [0, 0.05) is 35.7 Å². The van der Waals surface area contributed by atoms with Crippen LogP contribution in [-0.4, -0.2) is 37.8 Å². The number of rotatable bonds is 3. The van der Waals surface area contributed by atoms with E-state index in [2.05, 4.69) is 26.1 Å². The lowest BCUT2D eigenvalue weighted by Crippen LogP contribution is -2.45. The summed E-state index contributed by atoms with van der Waals surface area (Å²) in [5, 5.41) is 3.90. The SMILES string of the molecule is Cl.Cl.FC[C@@H](c1cc(Br)ccc1Cl)N1CCNCC1. The van der Waals surface area contributed by atoms with Gasteiger partial charge in [0.25, 0.3) is 0 Å². The summed E-state index contributed by atoms with van der Waals surface area (Å²) >= 11 is 9.57. The van der Waals surface area contributed by atoms with Crippen molar-refractivity contribution in [1.82, 2.24) is 10.2 Å². The van der Waals surface area contributed by atoms with Crippen molar-refractivity contribution in [2.75, 3.05) is 32.9 Å². The van der Waals surface area contributed by atoms with Crippen molar-refractivity contribution in [1.29, 1.82) is 0 Å². The molecule has 1 heterocycles. The topological polar surface area (TPSA) is 15.3 Å². The molecule has 0 spiro atoms. The van der Waals surface area contributed by atoms with Crippen LogP contribution in [0.5, 0.6) is 0 Å². The van der Waals surface area contributed by atoms with Gasteiger partial charge in [0.2, 0.25) is 0 Å². The quantitative estimate of drug-likeness (QED) is 0.837. The van der Waals surface area contributed by atoms with E-state index in [-0.39, 0.29) is 30.9 Å². The maximum absolute atomic E-state index is 13.3. The smallest absolute Gasteiger partial charge is 0.109 e. The molecule has 110 valence electrons. The summed E-state index contributed by atoms with van der Waals surface area (Å²) in [7, 11) is 0. The molecule has 0 amide bonds. The number of benzene rings is 1. The van der Waals surface area contributed by atoms with Crippen molar-refractivity contribution < 1.29 is 4.39 Å². The highest BCUT2D eigenvalue weighted by molar-refractivity contribution is 9.10. The molecule has 2 rings (SSSR count). The van der Waals surface area contributed by atoms with Gasteiger partial charge in [-0.25, -0.2) is 4.39 Å². The van der Waals surface area contributed by atoms with Crippen LogP contribution >= 0.6 is 52.3 Å². The highest BCUT2D eigenvalue weighted by atomic mass is 79.9. The summed E-state index contributed by atoms with van der Waals surface area (Å²) in [4.78, 5) is 2.14. The first-order valence-corrected chi connectivity index (χ1v) is 6.85. The van der Waals surface area contributed by atoms with E-state index in [1.54, 1.807) is 0 Å². The van der Waals surface area contributed by atoms with Crippen LogP contribution in [0.2, 0.25) is 5.02 Å². The predicted octanol–water partition coefficient (Wildman–Crippen LogP) is 3.86. The molecule has 0 aromatic heterocycles. The van der Waals surface area contributed by atoms with Gasteiger partial charge in [-0.1, -0.05) is 27.5 Å². The number of halogens is 5. The molecule has 19 heavy (non-hydrogen) atoms. The largest absolute Gasteiger partial charge is 0.314 e. The molecular weight excluding hydrogens is 377 g/mol. The number of piperazine rings is 1. The monoisotopic (exact) mass is 392 g/mol. The molecular formula is C12H17BrCl3FN2. The summed E-state index contributed by atoms with van der Waals surface area (Å²) in [5.74, 6) is 0. The Labute approximate surface area is 139 Å². The molecule has 0 bridgehead atoms. The number of hydrogen-bond acceptors (Lipinski definition) is 2. The third-order valence-corrected chi connectivity index (χ3v) is 3.89. The van der Waals surface area contributed by atoms with Gasteiger partial charge in [0.15, 0.2) is 0 Å². The lowest BCUT2D eigenvalue weighted by Gasteiger charge is -2.34. The Kier molecular flexibility index (Phi) is 9.58. The van der Waals surface area contributed by atoms with Crippen molar-refractivity contribution in [2.24, 2.45) is 0 Å². The minimum Gasteiger partial charge on any atom is -0.314 e. The van der Waals surface area contributed by atoms with E-state index in [1.165, 1.54) is 0 Å². The summed E-state index contributed by atoms with van der Waals surface area (Å²) in [5.41, 5.74) is 0.866. The molecule has 1 aromatic carbocycles. The zero-order valence-electron chi connectivity index (χ0n) is 10.2. The second kappa shape index (κ2) is 9.37. The van der Waals surface area contributed by atoms with Crippen LogP contribution in [0.1, 0.15) is 11.6 Å². The Balaban J connectivity index is 0.00000162. The third kappa shape index (κ3) is 5.03. The minimum absolute atomic E-state index is 0. The molecule has 1 saturated heterocycles. The first-order chi connectivity index (χ1) is 8.22. The maximum atomic E-state index is 13.3. The molecule has 1 N–H and O–H groups in total. The maximum Gasteiger partial charge on any atom is 0.109 e. The Morgan fingerprint density at radius 2 is 1.95 bits per heavy atom. The Morgan fingerprint density at radius 3 is 2.53 bits per heavy atom. The normalized spacial score (nSPS) is 17.2. The first-order valence-electron chi connectivity index (χ1n) is 5.68. The van der Waals surface area contributed by atoms with Crippen molar-refractivity contribution in [2.45, 2.75) is 6.04 Å². The predicted molar refractivity (Wildman–Crippen MR) is 86.8 cm³/mol. The molecule has 7 heteroatoms. The van der Waals surface area contributed by atoms with Crippen LogP contribution in [-0.2, 0) is 0 Å². The fourth-order valence-electron chi connectivity index (χ4n) is 2.14. The molecule has 1 aliphatic rings. The Bertz CT molecular complexity index is 389. The van der Waals surface area contributed by atoms with Gasteiger partial charge in [-0.3, -0.25) is 4.90 Å². The highest BCUT2D eigenvalue weighted by Gasteiger charge is 2.24. The molecule has 1 fully saturated rings. The second-order valence-corrected chi connectivity index (χ2v) is 5.44. The fraction of sp³-hybridized carbons (Fsp3) is 0.500. The summed E-state index contributed by atoms with van der Waals surface area (Å²) in [6.07, 6.45) is 0. The van der Waals surface area contributed by atoms with Crippen molar-refractivity contribution in [3.05, 3.63) is 33.3 Å². The van der Waals surface area contributed by atoms with E-state index >= 15 is 0 Å². The van der Waals surface area contributed by atoms with E-state index in [0.717, 1.165) is 36.2 Å². The van der Waals surface area contributed by atoms with Gasteiger partial charge in [-0.15, -0.1) is 24.8 Å². The van der Waals surface area contributed by atoms with Gasteiger partial charge in [-0.05, 0) is 23.8 Å². The van der Waals surface area contributed by atoms with Crippen LogP contribution in [0, 0.1) is 0 Å². The van der Waals surface area contributed by atoms with Gasteiger partial charge in [0.05, 0.1) is 6.04 Å². The zero-order valence-corrected chi connectivity index (χ0v) is 14.2. The molecule has 0 unspecified atom stereocenters. The van der Waals surface area contributed by atoms with Crippen molar-refractivity contribution in [3.63, 3.8) is 0 Å². The van der Waals surface area contributed by atoms with Gasteiger partial charge < -0.3 is 5.32 Å². The van der Waals surface area contributed by atoms with Crippen LogP contribution < -0.4 is 5.32 Å². The van der Waals surface area contributed by atoms with Crippen molar-refractivity contribution in [3.8, 4) is 0 Å². The standard InChI is InChI=1S/C12H15BrClFN2.2ClH/c13-9-1-2-11(14)10(7-9)12(8-15)17-5-3-16-4-6-17;;/h1-2,7,12,16H,3-6,8H2;2*1H/t12-;;/m0../s1. The average molecular weight is 395 g/mol. The summed E-state index contributed by atoms with van der Waals surface area (Å²) in [6.45, 7) is 3.12. The summed E-state index contributed by atoms with van der Waals surface area (Å²) < 4.78 is 14.2. The first kappa shape index (κ1) is 19.4. The Hall–Kier alpha value is 0.420. The van der Waals surface area contributed by atoms with Gasteiger partial charge >= 0.3 is 0 Å². The molecule has 1 aromatic rings. The average Bonchev–Trinajstić information content (AvgIpc) is 2.36.